The molecule has 0 fully saturated rings. The van der Waals surface area contributed by atoms with Crippen molar-refractivity contribution in [1.29, 1.82) is 0 Å². The molecular weight excluding hydrogens is 232 g/mol. The van der Waals surface area contributed by atoms with Crippen LogP contribution in [-0.4, -0.2) is 49.4 Å². The van der Waals surface area contributed by atoms with E-state index in [1.807, 2.05) is 19.0 Å². The van der Waals surface area contributed by atoms with E-state index in [0.717, 1.165) is 13.0 Å². The van der Waals surface area contributed by atoms with Gasteiger partial charge in [-0.15, -0.1) is 0 Å². The van der Waals surface area contributed by atoms with Gasteiger partial charge in [-0.05, 0) is 26.4 Å². The van der Waals surface area contributed by atoms with Crippen molar-refractivity contribution in [2.24, 2.45) is 17.4 Å². The molecule has 6 nitrogen and oxygen atoms in total. The van der Waals surface area contributed by atoms with E-state index >= 15 is 0 Å². The normalized spacial score (nSPS) is 14.6. The summed E-state index contributed by atoms with van der Waals surface area (Å²) in [5, 5.41) is 2.87. The van der Waals surface area contributed by atoms with Gasteiger partial charge in [0.05, 0.1) is 12.5 Å². The molecule has 0 aliphatic carbocycles. The van der Waals surface area contributed by atoms with E-state index in [2.05, 4.69) is 19.2 Å². The Labute approximate surface area is 109 Å². The van der Waals surface area contributed by atoms with E-state index in [9.17, 15) is 9.59 Å². The highest BCUT2D eigenvalue weighted by molar-refractivity contribution is 5.87. The standard InChI is InChI=1S/C12H26N4O2/c1-8(2)5-9(7-16(3)4)15-12(18)10(13)6-11(14)17/h8-10H,5-7,13H2,1-4H3,(H2,14,17)(H,15,18). The highest BCUT2D eigenvalue weighted by Gasteiger charge is 2.20. The number of hydrogen-bond acceptors (Lipinski definition) is 4. The minimum absolute atomic E-state index is 0.0337. The monoisotopic (exact) mass is 258 g/mol. The summed E-state index contributed by atoms with van der Waals surface area (Å²) in [6, 6.07) is -0.828. The third-order valence-corrected chi connectivity index (χ3v) is 2.45. The number of primary amides is 1. The fraction of sp³-hybridized carbons (Fsp3) is 0.833. The summed E-state index contributed by atoms with van der Waals surface area (Å²) < 4.78 is 0. The lowest BCUT2D eigenvalue weighted by Gasteiger charge is -2.25. The van der Waals surface area contributed by atoms with E-state index in [0.29, 0.717) is 5.92 Å². The fourth-order valence-corrected chi connectivity index (χ4v) is 1.81. The molecule has 5 N–H and O–H groups in total. The molecule has 6 heteroatoms. The molecule has 0 rings (SSSR count). The lowest BCUT2D eigenvalue weighted by Crippen LogP contribution is -2.50. The van der Waals surface area contributed by atoms with Crippen LogP contribution in [0.2, 0.25) is 0 Å². The Kier molecular flexibility index (Phi) is 7.54. The number of nitrogens with zero attached hydrogens (tertiary/aromatic N) is 1. The molecule has 2 atom stereocenters. The van der Waals surface area contributed by atoms with Gasteiger partial charge in [0.15, 0.2) is 0 Å². The molecule has 2 amide bonds. The van der Waals surface area contributed by atoms with Crippen LogP contribution in [0.4, 0.5) is 0 Å². The van der Waals surface area contributed by atoms with Gasteiger partial charge in [0.1, 0.15) is 0 Å². The number of carbonyl (C=O) groups excluding carboxylic acids is 2. The summed E-state index contributed by atoms with van der Waals surface area (Å²) in [6.07, 6.45) is 0.745. The van der Waals surface area contributed by atoms with Crippen molar-refractivity contribution in [3.63, 3.8) is 0 Å². The van der Waals surface area contributed by atoms with E-state index in [4.69, 9.17) is 11.5 Å². The number of likely N-dealkylation sites (N-methyl/N-ethyl adjacent to an activating group) is 1. The Morgan fingerprint density at radius 3 is 2.22 bits per heavy atom. The Morgan fingerprint density at radius 1 is 1.28 bits per heavy atom. The van der Waals surface area contributed by atoms with Gasteiger partial charge in [-0.25, -0.2) is 0 Å². The van der Waals surface area contributed by atoms with Crippen molar-refractivity contribution in [2.45, 2.75) is 38.8 Å². The van der Waals surface area contributed by atoms with E-state index in [1.54, 1.807) is 0 Å². The molecule has 2 unspecified atom stereocenters. The van der Waals surface area contributed by atoms with Crippen molar-refractivity contribution >= 4 is 11.8 Å². The van der Waals surface area contributed by atoms with E-state index < -0.39 is 11.9 Å². The van der Waals surface area contributed by atoms with Gasteiger partial charge >= 0.3 is 0 Å². The van der Waals surface area contributed by atoms with Crippen molar-refractivity contribution in [1.82, 2.24) is 10.2 Å². The predicted octanol–water partition coefficient (Wildman–Crippen LogP) is -0.718. The van der Waals surface area contributed by atoms with Crippen LogP contribution in [-0.2, 0) is 9.59 Å². The summed E-state index contributed by atoms with van der Waals surface area (Å²) in [5.74, 6) is -0.408. The number of nitrogens with one attached hydrogen (secondary N) is 1. The first-order valence-electron chi connectivity index (χ1n) is 6.21. The van der Waals surface area contributed by atoms with E-state index in [-0.39, 0.29) is 18.4 Å². The zero-order valence-electron chi connectivity index (χ0n) is 11.8. The minimum atomic E-state index is -0.862. The molecule has 0 spiro atoms. The summed E-state index contributed by atoms with van der Waals surface area (Å²) in [4.78, 5) is 24.5. The Balaban J connectivity index is 4.37. The first-order chi connectivity index (χ1) is 8.22. The zero-order valence-corrected chi connectivity index (χ0v) is 11.8. The van der Waals surface area contributed by atoms with Gasteiger partial charge in [-0.3, -0.25) is 9.59 Å². The lowest BCUT2D eigenvalue weighted by molar-refractivity contribution is -0.127. The summed E-state index contributed by atoms with van der Waals surface area (Å²) in [7, 11) is 3.89. The molecule has 0 aromatic rings. The maximum atomic E-state index is 11.8. The topological polar surface area (TPSA) is 101 Å². The molecule has 0 bridgehead atoms. The van der Waals surface area contributed by atoms with Crippen molar-refractivity contribution in [3.05, 3.63) is 0 Å². The van der Waals surface area contributed by atoms with Crippen LogP contribution in [0.5, 0.6) is 0 Å². The predicted molar refractivity (Wildman–Crippen MR) is 71.7 cm³/mol. The van der Waals surface area contributed by atoms with Gasteiger partial charge in [-0.1, -0.05) is 13.8 Å². The molecule has 0 aromatic heterocycles. The maximum Gasteiger partial charge on any atom is 0.237 e. The van der Waals surface area contributed by atoms with Gasteiger partial charge < -0.3 is 21.7 Å². The first-order valence-corrected chi connectivity index (χ1v) is 6.21. The number of rotatable bonds is 8. The number of amides is 2. The quantitative estimate of drug-likeness (QED) is 0.535. The molecule has 0 aliphatic heterocycles. The second kappa shape index (κ2) is 8.05. The Hall–Kier alpha value is -1.14. The zero-order chi connectivity index (χ0) is 14.3. The SMILES string of the molecule is CC(C)CC(CN(C)C)NC(=O)C(N)CC(N)=O. The summed E-state index contributed by atoms with van der Waals surface area (Å²) in [6.45, 7) is 4.93. The minimum Gasteiger partial charge on any atom is -0.370 e. The molecule has 0 saturated carbocycles. The van der Waals surface area contributed by atoms with Crippen molar-refractivity contribution < 1.29 is 9.59 Å². The number of hydrogen-bond donors (Lipinski definition) is 3. The average Bonchev–Trinajstić information content (AvgIpc) is 2.13. The second-order valence-corrected chi connectivity index (χ2v) is 5.37. The molecule has 0 saturated heterocycles. The molecule has 0 aromatic carbocycles. The smallest absolute Gasteiger partial charge is 0.237 e. The third-order valence-electron chi connectivity index (χ3n) is 2.45. The first kappa shape index (κ1) is 16.9. The van der Waals surface area contributed by atoms with E-state index in [1.165, 1.54) is 0 Å². The summed E-state index contributed by atoms with van der Waals surface area (Å²) in [5.41, 5.74) is 10.6. The molecular formula is C12H26N4O2. The second-order valence-electron chi connectivity index (χ2n) is 5.37. The molecule has 0 heterocycles. The summed E-state index contributed by atoms with van der Waals surface area (Å²) >= 11 is 0. The molecule has 106 valence electrons. The van der Waals surface area contributed by atoms with Crippen LogP contribution in [0.15, 0.2) is 0 Å². The average molecular weight is 258 g/mol. The highest BCUT2D eigenvalue weighted by atomic mass is 16.2. The van der Waals surface area contributed by atoms with Gasteiger partial charge in [0, 0.05) is 12.6 Å². The highest BCUT2D eigenvalue weighted by Crippen LogP contribution is 2.06. The fourth-order valence-electron chi connectivity index (χ4n) is 1.81. The van der Waals surface area contributed by atoms with Crippen molar-refractivity contribution in [3.8, 4) is 0 Å². The van der Waals surface area contributed by atoms with Crippen LogP contribution in [0.25, 0.3) is 0 Å². The Bertz CT molecular complexity index is 269. The number of nitrogens with two attached hydrogens (primary N) is 2. The van der Waals surface area contributed by atoms with Crippen LogP contribution in [0, 0.1) is 5.92 Å². The third kappa shape index (κ3) is 8.03. The largest absolute Gasteiger partial charge is 0.370 e. The number of carbonyl (C=O) groups is 2. The Morgan fingerprint density at radius 2 is 1.83 bits per heavy atom. The molecule has 0 radical (unpaired) electrons. The molecule has 18 heavy (non-hydrogen) atoms. The van der Waals surface area contributed by atoms with Crippen LogP contribution >= 0.6 is 0 Å². The lowest BCUT2D eigenvalue weighted by atomic mass is 10.0. The van der Waals surface area contributed by atoms with Crippen molar-refractivity contribution in [2.75, 3.05) is 20.6 Å². The van der Waals surface area contributed by atoms with Crippen LogP contribution in [0.1, 0.15) is 26.7 Å². The molecule has 0 aliphatic rings. The van der Waals surface area contributed by atoms with Gasteiger partial charge in [0.2, 0.25) is 11.8 Å². The van der Waals surface area contributed by atoms with Crippen LogP contribution < -0.4 is 16.8 Å². The van der Waals surface area contributed by atoms with Gasteiger partial charge in [-0.2, -0.15) is 0 Å². The van der Waals surface area contributed by atoms with Crippen LogP contribution in [0.3, 0.4) is 0 Å². The van der Waals surface area contributed by atoms with Gasteiger partial charge in [0.25, 0.3) is 0 Å². The maximum absolute atomic E-state index is 11.8.